The molecule has 5 heteroatoms. The Morgan fingerprint density at radius 3 is 1.39 bits per heavy atom. The molecule has 0 radical (unpaired) electrons. The van der Waals surface area contributed by atoms with Crippen LogP contribution >= 0.6 is 0 Å². The molecule has 0 spiro atoms. The summed E-state index contributed by atoms with van der Waals surface area (Å²) in [7, 11) is 0. The van der Waals surface area contributed by atoms with Crippen LogP contribution in [0, 0.1) is 0 Å². The summed E-state index contributed by atoms with van der Waals surface area (Å²) < 4.78 is 12.2. The number of carbonyl (C=O) groups excluding carboxylic acids is 1. The van der Waals surface area contributed by atoms with E-state index in [1.807, 2.05) is 0 Å². The van der Waals surface area contributed by atoms with Gasteiger partial charge in [0.25, 0.3) is 0 Å². The molecule has 0 saturated carbocycles. The normalized spacial score (nSPS) is 17.0. The fourth-order valence-electron chi connectivity index (χ4n) is 7.34. The Kier molecular flexibility index (Phi) is 23.9. The number of unbranched alkanes of at least 4 members (excludes halogenated alkanes) is 21. The Hall–Kier alpha value is -0.650. The lowest BCUT2D eigenvalue weighted by atomic mass is 9.80. The second kappa shape index (κ2) is 25.3. The van der Waals surface area contributed by atoms with Gasteiger partial charge in [-0.1, -0.05) is 149 Å². The van der Waals surface area contributed by atoms with Gasteiger partial charge in [-0.2, -0.15) is 5.06 Å². The molecule has 0 aliphatic carbocycles. The Morgan fingerprint density at radius 1 is 0.609 bits per heavy atom. The van der Waals surface area contributed by atoms with Crippen molar-refractivity contribution >= 4 is 5.97 Å². The summed E-state index contributed by atoms with van der Waals surface area (Å²) in [5.41, 5.74) is -0.817. The largest absolute Gasteiger partial charge is 0.462 e. The van der Waals surface area contributed by atoms with Gasteiger partial charge in [0.2, 0.25) is 0 Å². The van der Waals surface area contributed by atoms with Crippen LogP contribution in [0.5, 0.6) is 0 Å². The third-order valence-electron chi connectivity index (χ3n) is 9.87. The molecule has 46 heavy (non-hydrogen) atoms. The number of piperidine rings is 1. The van der Waals surface area contributed by atoms with Gasteiger partial charge in [0.05, 0.1) is 12.2 Å². The van der Waals surface area contributed by atoms with Crippen LogP contribution in [0.25, 0.3) is 0 Å². The van der Waals surface area contributed by atoms with E-state index >= 15 is 0 Å². The molecule has 0 unspecified atom stereocenters. The number of ether oxygens (including phenoxy) is 2. The highest BCUT2D eigenvalue weighted by Gasteiger charge is 2.48. The van der Waals surface area contributed by atoms with Crippen molar-refractivity contribution in [3.05, 3.63) is 0 Å². The molecule has 1 aliphatic heterocycles. The van der Waals surface area contributed by atoms with Crippen LogP contribution in [0.1, 0.15) is 222 Å². The summed E-state index contributed by atoms with van der Waals surface area (Å²) in [4.78, 5) is 19.2. The lowest BCUT2D eigenvalue weighted by Crippen LogP contribution is -2.62. The summed E-state index contributed by atoms with van der Waals surface area (Å²) >= 11 is 0. The first kappa shape index (κ1) is 43.4. The second-order valence-corrected chi connectivity index (χ2v) is 16.5. The summed E-state index contributed by atoms with van der Waals surface area (Å²) in [6.45, 7) is 18.8. The first-order chi connectivity index (χ1) is 21.9. The van der Waals surface area contributed by atoms with E-state index in [0.717, 1.165) is 38.7 Å². The van der Waals surface area contributed by atoms with Crippen molar-refractivity contribution < 1.29 is 19.1 Å². The van der Waals surface area contributed by atoms with E-state index in [9.17, 15) is 4.79 Å². The number of nitrogens with zero attached hydrogens (tertiary/aromatic N) is 1. The molecule has 1 aliphatic rings. The van der Waals surface area contributed by atoms with E-state index in [1.54, 1.807) is 0 Å². The van der Waals surface area contributed by atoms with E-state index in [-0.39, 0.29) is 28.8 Å². The van der Waals surface area contributed by atoms with Crippen molar-refractivity contribution in [1.82, 2.24) is 5.06 Å². The Morgan fingerprint density at radius 2 is 0.978 bits per heavy atom. The molecular weight excluding hydrogens is 570 g/mol. The van der Waals surface area contributed by atoms with Gasteiger partial charge >= 0.3 is 5.97 Å². The van der Waals surface area contributed by atoms with Crippen molar-refractivity contribution in [3.8, 4) is 0 Å². The maximum atomic E-state index is 12.7. The molecule has 274 valence electrons. The van der Waals surface area contributed by atoms with E-state index in [4.69, 9.17) is 14.3 Å². The number of hydroxylamine groups is 2. The highest BCUT2D eigenvalue weighted by Crippen LogP contribution is 2.40. The molecule has 1 rings (SSSR count). The third-order valence-corrected chi connectivity index (χ3v) is 9.87. The first-order valence-electron chi connectivity index (χ1n) is 20.2. The predicted molar refractivity (Wildman–Crippen MR) is 197 cm³/mol. The summed E-state index contributed by atoms with van der Waals surface area (Å²) in [5, 5.41) is 2.14. The van der Waals surface area contributed by atoms with Gasteiger partial charge in [-0.25, -0.2) is 0 Å². The zero-order valence-electron chi connectivity index (χ0n) is 32.5. The number of carbonyl (C=O) groups is 1. The first-order valence-corrected chi connectivity index (χ1v) is 20.2. The van der Waals surface area contributed by atoms with Gasteiger partial charge in [-0.3, -0.25) is 9.63 Å². The monoisotopic (exact) mass is 652 g/mol. The standard InChI is InChI=1S/C41H81NO4/c1-9-11-13-15-16-17-18-19-20-21-22-23-24-25-26-27-28-29-30-32-38(43)46-37-34-39(3,4)42(40(5,6)35-37)45-36-41(7,8)44-33-31-14-12-10-2/h37H,9-36H2,1-8H3. The molecule has 0 amide bonds. The van der Waals surface area contributed by atoms with Crippen LogP contribution in [0.4, 0.5) is 0 Å². The van der Waals surface area contributed by atoms with Crippen molar-refractivity contribution in [3.63, 3.8) is 0 Å². The Labute approximate surface area is 288 Å². The molecule has 5 nitrogen and oxygen atoms in total. The molecule has 0 aromatic carbocycles. The van der Waals surface area contributed by atoms with Crippen molar-refractivity contribution in [1.29, 1.82) is 0 Å². The lowest BCUT2D eigenvalue weighted by Gasteiger charge is -2.53. The van der Waals surface area contributed by atoms with Gasteiger partial charge in [-0.15, -0.1) is 0 Å². The van der Waals surface area contributed by atoms with Crippen molar-refractivity contribution in [2.45, 2.75) is 245 Å². The number of esters is 1. The van der Waals surface area contributed by atoms with E-state index < -0.39 is 0 Å². The minimum Gasteiger partial charge on any atom is -0.462 e. The van der Waals surface area contributed by atoms with Crippen LogP contribution < -0.4 is 0 Å². The molecule has 0 bridgehead atoms. The smallest absolute Gasteiger partial charge is 0.306 e. The van der Waals surface area contributed by atoms with Crippen molar-refractivity contribution in [2.24, 2.45) is 0 Å². The number of rotatable bonds is 30. The van der Waals surface area contributed by atoms with Crippen LogP contribution in [-0.2, 0) is 19.1 Å². The molecule has 0 aromatic rings. The van der Waals surface area contributed by atoms with Gasteiger partial charge in [-0.05, 0) is 54.4 Å². The van der Waals surface area contributed by atoms with Crippen molar-refractivity contribution in [2.75, 3.05) is 13.2 Å². The fraction of sp³-hybridized carbons (Fsp3) is 0.976. The van der Waals surface area contributed by atoms with E-state index in [1.165, 1.54) is 128 Å². The molecular formula is C41H81NO4. The quantitative estimate of drug-likeness (QED) is 0.0571. The second-order valence-electron chi connectivity index (χ2n) is 16.5. The summed E-state index contributed by atoms with van der Waals surface area (Å²) in [6, 6.07) is 0. The highest BCUT2D eigenvalue weighted by atomic mass is 16.7. The maximum absolute atomic E-state index is 12.7. The average molecular weight is 652 g/mol. The Bertz CT molecular complexity index is 716. The number of hydrogen-bond donors (Lipinski definition) is 0. The molecule has 0 atom stereocenters. The molecule has 1 fully saturated rings. The molecule has 0 aromatic heterocycles. The topological polar surface area (TPSA) is 48.0 Å². The lowest BCUT2D eigenvalue weighted by molar-refractivity contribution is -0.309. The van der Waals surface area contributed by atoms with Crippen LogP contribution in [0.15, 0.2) is 0 Å². The fourth-order valence-corrected chi connectivity index (χ4v) is 7.34. The minimum absolute atomic E-state index is 0.0319. The Balaban J connectivity index is 2.11. The molecule has 0 N–H and O–H groups in total. The summed E-state index contributed by atoms with van der Waals surface area (Å²) in [5.74, 6) is -0.0319. The molecule has 1 saturated heterocycles. The number of hydrogen-bond acceptors (Lipinski definition) is 5. The molecule has 1 heterocycles. The zero-order chi connectivity index (χ0) is 34.2. The third kappa shape index (κ3) is 21.3. The van der Waals surface area contributed by atoms with Crippen LogP contribution in [-0.4, -0.2) is 47.0 Å². The maximum Gasteiger partial charge on any atom is 0.306 e. The SMILES string of the molecule is CCCCCCCCCCCCCCCCCCCCCC(=O)OC1CC(C)(C)N(OCC(C)(C)OCCCCCC)C(C)(C)C1. The van der Waals surface area contributed by atoms with E-state index in [2.05, 4.69) is 60.5 Å². The minimum atomic E-state index is -0.339. The van der Waals surface area contributed by atoms with E-state index in [0.29, 0.717) is 13.0 Å². The van der Waals surface area contributed by atoms with Gasteiger partial charge in [0.15, 0.2) is 0 Å². The van der Waals surface area contributed by atoms with Gasteiger partial charge in [0, 0.05) is 36.9 Å². The average Bonchev–Trinajstić information content (AvgIpc) is 2.97. The highest BCUT2D eigenvalue weighted by molar-refractivity contribution is 5.69. The van der Waals surface area contributed by atoms with Crippen LogP contribution in [0.2, 0.25) is 0 Å². The van der Waals surface area contributed by atoms with Gasteiger partial charge < -0.3 is 9.47 Å². The summed E-state index contributed by atoms with van der Waals surface area (Å²) in [6.07, 6.45) is 32.7. The predicted octanol–water partition coefficient (Wildman–Crippen LogP) is 12.7. The van der Waals surface area contributed by atoms with Gasteiger partial charge in [0.1, 0.15) is 6.10 Å². The zero-order valence-corrected chi connectivity index (χ0v) is 32.5. The van der Waals surface area contributed by atoms with Crippen LogP contribution in [0.3, 0.4) is 0 Å².